The number of nitrogens with one attached hydrogen (secondary N) is 1. The van der Waals surface area contributed by atoms with Crippen LogP contribution in [0.25, 0.3) is 0 Å². The Morgan fingerprint density at radius 2 is 1.58 bits per heavy atom. The van der Waals surface area contributed by atoms with Crippen molar-refractivity contribution in [2.75, 3.05) is 5.32 Å². The van der Waals surface area contributed by atoms with E-state index in [1.807, 2.05) is 0 Å². The van der Waals surface area contributed by atoms with Crippen LogP contribution in [0.5, 0.6) is 0 Å². The highest BCUT2D eigenvalue weighted by atomic mass is 19.2. The molecule has 12 heavy (non-hydrogen) atoms. The van der Waals surface area contributed by atoms with Gasteiger partial charge in [-0.05, 0) is 0 Å². The minimum absolute atomic E-state index is 0.424. The first kappa shape index (κ1) is 8.83. The second-order valence-electron chi connectivity index (χ2n) is 1.99. The molecular formula is C7H3F4N. The fraction of sp³-hybridized carbons (Fsp3) is 0. The molecule has 0 amide bonds. The van der Waals surface area contributed by atoms with E-state index in [4.69, 9.17) is 7.05 Å². The standard InChI is InChI=1S/C7H3F4N/c1-12-4-2-3(8)5(9)7(11)6(4)10/h1-2,12H. The van der Waals surface area contributed by atoms with Gasteiger partial charge in [0.15, 0.2) is 23.3 Å². The predicted octanol–water partition coefficient (Wildman–Crippen LogP) is 2.32. The average molecular weight is 177 g/mol. The summed E-state index contributed by atoms with van der Waals surface area (Å²) in [6.45, 7) is 0. The Hall–Kier alpha value is -1.26. The summed E-state index contributed by atoms with van der Waals surface area (Å²) < 4.78 is 49.5. The topological polar surface area (TPSA) is 12.0 Å². The van der Waals surface area contributed by atoms with Gasteiger partial charge in [0.25, 0.3) is 0 Å². The van der Waals surface area contributed by atoms with Crippen LogP contribution >= 0.6 is 0 Å². The molecule has 1 aromatic carbocycles. The van der Waals surface area contributed by atoms with Gasteiger partial charge in [-0.1, -0.05) is 0 Å². The first-order chi connectivity index (χ1) is 5.57. The Balaban J connectivity index is 3.39. The molecular weight excluding hydrogens is 174 g/mol. The van der Waals surface area contributed by atoms with E-state index in [-0.39, 0.29) is 0 Å². The van der Waals surface area contributed by atoms with Gasteiger partial charge in [0, 0.05) is 6.07 Å². The highest BCUT2D eigenvalue weighted by molar-refractivity contribution is 5.46. The first-order valence-corrected chi connectivity index (χ1v) is 2.87. The van der Waals surface area contributed by atoms with Crippen molar-refractivity contribution in [3.63, 3.8) is 0 Å². The second kappa shape index (κ2) is 3.00. The molecule has 0 fully saturated rings. The Kier molecular flexibility index (Phi) is 2.21. The highest BCUT2D eigenvalue weighted by Crippen LogP contribution is 2.21. The third-order valence-electron chi connectivity index (χ3n) is 1.26. The van der Waals surface area contributed by atoms with E-state index in [1.165, 1.54) is 0 Å². The molecule has 0 atom stereocenters. The Morgan fingerprint density at radius 3 is 2.08 bits per heavy atom. The maximum absolute atomic E-state index is 12.5. The van der Waals surface area contributed by atoms with Gasteiger partial charge in [-0.3, -0.25) is 0 Å². The van der Waals surface area contributed by atoms with Crippen molar-refractivity contribution >= 4 is 5.69 Å². The highest BCUT2D eigenvalue weighted by Gasteiger charge is 2.17. The number of rotatable bonds is 1. The van der Waals surface area contributed by atoms with Crippen LogP contribution in [0, 0.1) is 30.3 Å². The Labute approximate surface area is 66.0 Å². The van der Waals surface area contributed by atoms with Crippen LogP contribution in [0.1, 0.15) is 0 Å². The summed E-state index contributed by atoms with van der Waals surface area (Å²) in [5.74, 6) is -6.78. The summed E-state index contributed by atoms with van der Waals surface area (Å²) in [6, 6.07) is 0.424. The lowest BCUT2D eigenvalue weighted by atomic mass is 10.2. The first-order valence-electron chi connectivity index (χ1n) is 2.87. The molecule has 0 aromatic heterocycles. The normalized spacial score (nSPS) is 10.1. The van der Waals surface area contributed by atoms with Crippen molar-refractivity contribution in [1.82, 2.24) is 0 Å². The van der Waals surface area contributed by atoms with E-state index in [0.29, 0.717) is 6.07 Å². The van der Waals surface area contributed by atoms with Crippen LogP contribution in [0.3, 0.4) is 0 Å². The summed E-state index contributed by atoms with van der Waals surface area (Å²) in [6.07, 6.45) is 0. The zero-order valence-corrected chi connectivity index (χ0v) is 5.67. The van der Waals surface area contributed by atoms with E-state index in [1.54, 1.807) is 5.32 Å². The van der Waals surface area contributed by atoms with Crippen molar-refractivity contribution in [3.05, 3.63) is 36.4 Å². The molecule has 2 radical (unpaired) electrons. The van der Waals surface area contributed by atoms with E-state index >= 15 is 0 Å². The van der Waals surface area contributed by atoms with Gasteiger partial charge in [-0.25, -0.2) is 17.6 Å². The number of hydrogen-bond acceptors (Lipinski definition) is 1. The Morgan fingerprint density at radius 1 is 1.00 bits per heavy atom. The van der Waals surface area contributed by atoms with Crippen LogP contribution in [-0.4, -0.2) is 0 Å². The lowest BCUT2D eigenvalue weighted by Gasteiger charge is -2.03. The summed E-state index contributed by atoms with van der Waals surface area (Å²) in [7, 11) is 4.69. The largest absolute Gasteiger partial charge is 0.375 e. The minimum atomic E-state index is -1.89. The molecule has 1 nitrogen and oxygen atoms in total. The minimum Gasteiger partial charge on any atom is -0.375 e. The van der Waals surface area contributed by atoms with E-state index in [0.717, 1.165) is 0 Å². The molecule has 5 heteroatoms. The summed E-state index contributed by atoms with van der Waals surface area (Å²) in [5.41, 5.74) is -0.633. The van der Waals surface area contributed by atoms with Gasteiger partial charge in [-0.15, -0.1) is 0 Å². The summed E-state index contributed by atoms with van der Waals surface area (Å²) in [4.78, 5) is 0. The molecule has 1 N–H and O–H groups in total. The number of hydrogen-bond donors (Lipinski definition) is 1. The molecule has 0 aliphatic rings. The smallest absolute Gasteiger partial charge is 0.199 e. The van der Waals surface area contributed by atoms with E-state index in [9.17, 15) is 17.6 Å². The molecule has 0 heterocycles. The lowest BCUT2D eigenvalue weighted by Crippen LogP contribution is -2.00. The summed E-state index contributed by atoms with van der Waals surface area (Å²) >= 11 is 0. The number of anilines is 1. The number of halogens is 4. The maximum Gasteiger partial charge on any atom is 0.199 e. The molecule has 0 aliphatic carbocycles. The van der Waals surface area contributed by atoms with Crippen LogP contribution in [0.15, 0.2) is 6.07 Å². The Bertz CT molecular complexity index is 311. The average Bonchev–Trinajstić information content (AvgIpc) is 2.08. The molecule has 0 unspecified atom stereocenters. The van der Waals surface area contributed by atoms with Crippen LogP contribution < -0.4 is 5.32 Å². The quantitative estimate of drug-likeness (QED) is 0.300. The predicted molar refractivity (Wildman–Crippen MR) is 34.2 cm³/mol. The van der Waals surface area contributed by atoms with Gasteiger partial charge in [0.2, 0.25) is 0 Å². The van der Waals surface area contributed by atoms with Crippen LogP contribution in [0.2, 0.25) is 0 Å². The van der Waals surface area contributed by atoms with E-state index in [2.05, 4.69) is 0 Å². The van der Waals surface area contributed by atoms with Crippen molar-refractivity contribution < 1.29 is 17.6 Å². The van der Waals surface area contributed by atoms with Crippen molar-refractivity contribution in [1.29, 1.82) is 0 Å². The SMILES string of the molecule is [CH]Nc1cc(F)c(F)c(F)c1F. The third kappa shape index (κ3) is 1.22. The number of benzene rings is 1. The van der Waals surface area contributed by atoms with Gasteiger partial charge in [0.1, 0.15) is 0 Å². The van der Waals surface area contributed by atoms with Crippen molar-refractivity contribution in [2.24, 2.45) is 0 Å². The fourth-order valence-corrected chi connectivity index (χ4v) is 0.678. The second-order valence-corrected chi connectivity index (χ2v) is 1.99. The van der Waals surface area contributed by atoms with Crippen molar-refractivity contribution in [3.8, 4) is 0 Å². The molecule has 0 aliphatic heterocycles. The van der Waals surface area contributed by atoms with Gasteiger partial charge >= 0.3 is 0 Å². The molecule has 0 spiro atoms. The fourth-order valence-electron chi connectivity index (χ4n) is 0.678. The molecule has 0 saturated heterocycles. The van der Waals surface area contributed by atoms with Crippen molar-refractivity contribution in [2.45, 2.75) is 0 Å². The molecule has 1 rings (SSSR count). The van der Waals surface area contributed by atoms with Gasteiger partial charge in [0.05, 0.1) is 12.7 Å². The van der Waals surface area contributed by atoms with Gasteiger partial charge < -0.3 is 5.32 Å². The molecule has 1 aromatic rings. The van der Waals surface area contributed by atoms with E-state index < -0.39 is 29.0 Å². The van der Waals surface area contributed by atoms with Gasteiger partial charge in [-0.2, -0.15) is 0 Å². The zero-order valence-electron chi connectivity index (χ0n) is 5.67. The maximum atomic E-state index is 12.5. The third-order valence-corrected chi connectivity index (χ3v) is 1.26. The molecule has 0 bridgehead atoms. The summed E-state index contributed by atoms with van der Waals surface area (Å²) in [5, 5.41) is 1.68. The molecule has 64 valence electrons. The van der Waals surface area contributed by atoms with Crippen LogP contribution in [0.4, 0.5) is 23.2 Å². The van der Waals surface area contributed by atoms with Crippen LogP contribution in [-0.2, 0) is 0 Å². The zero-order chi connectivity index (χ0) is 9.30. The lowest BCUT2D eigenvalue weighted by molar-refractivity contribution is 0.411. The monoisotopic (exact) mass is 177 g/mol. The molecule has 0 saturated carbocycles.